The van der Waals surface area contributed by atoms with E-state index in [1.54, 1.807) is 25.3 Å². The number of H-pyrrole nitrogens is 1. The number of hydrogen-bond donors (Lipinski definition) is 3. The van der Waals surface area contributed by atoms with Crippen LogP contribution in [0.5, 0.6) is 5.75 Å². The van der Waals surface area contributed by atoms with Gasteiger partial charge in [-0.05, 0) is 55.5 Å². The van der Waals surface area contributed by atoms with E-state index in [0.717, 1.165) is 52.2 Å². The first kappa shape index (κ1) is 21.8. The Hall–Kier alpha value is -4.07. The summed E-state index contributed by atoms with van der Waals surface area (Å²) in [5, 5.41) is 14.0. The van der Waals surface area contributed by atoms with Crippen molar-refractivity contribution in [3.63, 3.8) is 0 Å². The average molecular weight is 460 g/mol. The van der Waals surface area contributed by atoms with E-state index in [2.05, 4.69) is 10.3 Å². The smallest absolute Gasteiger partial charge is 0.339 e. The number of ether oxygens (including phenoxy) is 1. The quantitative estimate of drug-likeness (QED) is 0.364. The van der Waals surface area contributed by atoms with Crippen molar-refractivity contribution in [3.8, 4) is 5.75 Å². The Labute approximate surface area is 194 Å². The summed E-state index contributed by atoms with van der Waals surface area (Å²) >= 11 is 0. The minimum atomic E-state index is -1.13. The van der Waals surface area contributed by atoms with Crippen LogP contribution in [0.1, 0.15) is 30.0 Å². The number of carbonyl (C=O) groups excluding carboxylic acids is 1. The van der Waals surface area contributed by atoms with E-state index in [1.165, 1.54) is 0 Å². The summed E-state index contributed by atoms with van der Waals surface area (Å²) in [5.41, 5.74) is 3.55. The number of aromatic amines is 1. The molecule has 4 aromatic rings. The lowest BCUT2D eigenvalue weighted by atomic mass is 10.0. The molecule has 1 aliphatic rings. The molecule has 0 aliphatic heterocycles. The van der Waals surface area contributed by atoms with Crippen molar-refractivity contribution in [2.45, 2.75) is 44.8 Å². The topological polar surface area (TPSA) is 122 Å². The highest BCUT2D eigenvalue weighted by Gasteiger charge is 2.26. The summed E-state index contributed by atoms with van der Waals surface area (Å²) in [7, 11) is 0. The van der Waals surface area contributed by atoms with Crippen molar-refractivity contribution in [2.75, 3.05) is 0 Å². The molecule has 174 valence electrons. The van der Waals surface area contributed by atoms with Crippen LogP contribution in [0.15, 0.2) is 57.9 Å². The highest BCUT2D eigenvalue weighted by Crippen LogP contribution is 2.30. The molecular formula is C26H24N2O6. The second kappa shape index (κ2) is 8.70. The molecule has 1 amide bonds. The summed E-state index contributed by atoms with van der Waals surface area (Å²) in [6, 6.07) is 11.6. The summed E-state index contributed by atoms with van der Waals surface area (Å²) in [6.45, 7) is 1.54. The van der Waals surface area contributed by atoms with E-state index in [9.17, 15) is 19.5 Å². The second-order valence-electron chi connectivity index (χ2n) is 8.58. The zero-order valence-electron chi connectivity index (χ0n) is 18.6. The number of hydrogen-bond acceptors (Lipinski definition) is 5. The average Bonchev–Trinajstić information content (AvgIpc) is 3.46. The predicted molar refractivity (Wildman–Crippen MR) is 126 cm³/mol. The summed E-state index contributed by atoms with van der Waals surface area (Å²) < 4.78 is 11.2. The fourth-order valence-corrected chi connectivity index (χ4v) is 4.60. The van der Waals surface area contributed by atoms with Gasteiger partial charge in [0.15, 0.2) is 6.10 Å². The molecule has 0 saturated carbocycles. The van der Waals surface area contributed by atoms with Crippen LogP contribution in [0.4, 0.5) is 0 Å². The molecule has 0 fully saturated rings. The molecule has 2 aromatic carbocycles. The molecule has 3 N–H and O–H groups in total. The Bertz CT molecular complexity index is 1470. The van der Waals surface area contributed by atoms with Gasteiger partial charge in [0.2, 0.25) is 0 Å². The molecule has 5 rings (SSSR count). The standard InChI is InChI=1S/C26H24N2O6/c1-14(33-16-9-10-19-18-6-4-7-20(18)26(32)34-23(19)12-16)24(29)28-22(25(30)31)11-15-13-27-21-8-3-2-5-17(15)21/h2-3,5,8-10,12-14,22,27H,4,6-7,11H2,1H3,(H,28,29)(H,30,31). The van der Waals surface area contributed by atoms with E-state index in [0.29, 0.717) is 11.3 Å². The van der Waals surface area contributed by atoms with Crippen LogP contribution in [0.2, 0.25) is 0 Å². The maximum atomic E-state index is 12.7. The Morgan fingerprint density at radius 3 is 2.76 bits per heavy atom. The highest BCUT2D eigenvalue weighted by molar-refractivity contribution is 5.88. The Balaban J connectivity index is 1.30. The summed E-state index contributed by atoms with van der Waals surface area (Å²) in [5.74, 6) is -1.32. The minimum Gasteiger partial charge on any atom is -0.481 e. The first-order valence-corrected chi connectivity index (χ1v) is 11.2. The highest BCUT2D eigenvalue weighted by atomic mass is 16.5. The summed E-state index contributed by atoms with van der Waals surface area (Å²) in [4.78, 5) is 39.9. The maximum absolute atomic E-state index is 12.7. The Morgan fingerprint density at radius 1 is 1.15 bits per heavy atom. The molecule has 0 radical (unpaired) electrons. The van der Waals surface area contributed by atoms with Crippen molar-refractivity contribution in [2.24, 2.45) is 0 Å². The predicted octanol–water partition coefficient (Wildman–Crippen LogP) is 3.34. The lowest BCUT2D eigenvalue weighted by Gasteiger charge is -2.19. The number of aromatic nitrogens is 1. The maximum Gasteiger partial charge on any atom is 0.339 e. The molecule has 0 saturated heterocycles. The van der Waals surface area contributed by atoms with Gasteiger partial charge in [0.25, 0.3) is 5.91 Å². The molecule has 2 unspecified atom stereocenters. The van der Waals surface area contributed by atoms with Crippen LogP contribution in [-0.2, 0) is 28.9 Å². The number of carboxylic acids is 1. The van der Waals surface area contributed by atoms with Gasteiger partial charge in [0.1, 0.15) is 17.4 Å². The molecule has 2 atom stereocenters. The van der Waals surface area contributed by atoms with E-state index >= 15 is 0 Å². The normalized spacial score (nSPS) is 14.6. The number of nitrogens with one attached hydrogen (secondary N) is 2. The van der Waals surface area contributed by atoms with Crippen molar-refractivity contribution >= 4 is 33.7 Å². The van der Waals surface area contributed by atoms with Crippen molar-refractivity contribution in [1.29, 1.82) is 0 Å². The molecule has 8 heteroatoms. The van der Waals surface area contributed by atoms with Gasteiger partial charge in [0, 0.05) is 40.5 Å². The molecule has 8 nitrogen and oxygen atoms in total. The Kier molecular flexibility index (Phi) is 5.57. The largest absolute Gasteiger partial charge is 0.481 e. The van der Waals surface area contributed by atoms with E-state index in [4.69, 9.17) is 9.15 Å². The van der Waals surface area contributed by atoms with Crippen LogP contribution in [0.25, 0.3) is 21.9 Å². The first-order chi connectivity index (χ1) is 16.4. The third kappa shape index (κ3) is 4.03. The number of aliphatic carboxylic acids is 1. The molecular weight excluding hydrogens is 436 g/mol. The number of amides is 1. The van der Waals surface area contributed by atoms with Gasteiger partial charge in [0.05, 0.1) is 0 Å². The minimum absolute atomic E-state index is 0.129. The van der Waals surface area contributed by atoms with E-state index in [-0.39, 0.29) is 12.0 Å². The molecule has 2 aromatic heterocycles. The van der Waals surface area contributed by atoms with Gasteiger partial charge in [-0.15, -0.1) is 0 Å². The zero-order valence-corrected chi connectivity index (χ0v) is 18.6. The molecule has 1 aliphatic carbocycles. The zero-order chi connectivity index (χ0) is 23.8. The first-order valence-electron chi connectivity index (χ1n) is 11.2. The van der Waals surface area contributed by atoms with Gasteiger partial charge >= 0.3 is 11.6 Å². The lowest BCUT2D eigenvalue weighted by Crippen LogP contribution is -2.47. The van der Waals surface area contributed by atoms with E-state index < -0.39 is 24.0 Å². The number of carbonyl (C=O) groups is 2. The van der Waals surface area contributed by atoms with Gasteiger partial charge in [-0.25, -0.2) is 9.59 Å². The Morgan fingerprint density at radius 2 is 1.94 bits per heavy atom. The van der Waals surface area contributed by atoms with Gasteiger partial charge < -0.3 is 24.6 Å². The number of benzene rings is 2. The van der Waals surface area contributed by atoms with Crippen LogP contribution in [0, 0.1) is 0 Å². The fourth-order valence-electron chi connectivity index (χ4n) is 4.60. The molecule has 34 heavy (non-hydrogen) atoms. The van der Waals surface area contributed by atoms with Gasteiger partial charge in [-0.2, -0.15) is 0 Å². The fraction of sp³-hybridized carbons (Fsp3) is 0.269. The number of aryl methyl sites for hydroxylation is 1. The molecule has 0 bridgehead atoms. The van der Waals surface area contributed by atoms with Crippen LogP contribution in [-0.4, -0.2) is 34.1 Å². The van der Waals surface area contributed by atoms with Gasteiger partial charge in [-0.3, -0.25) is 4.79 Å². The number of para-hydroxylation sites is 1. The van der Waals surface area contributed by atoms with Gasteiger partial charge in [-0.1, -0.05) is 18.2 Å². The van der Waals surface area contributed by atoms with Crippen LogP contribution >= 0.6 is 0 Å². The molecule has 0 spiro atoms. The number of carboxylic acid groups (broad SMARTS) is 1. The van der Waals surface area contributed by atoms with Crippen molar-refractivity contribution in [1.82, 2.24) is 10.3 Å². The SMILES string of the molecule is CC(Oc1ccc2c3c(c(=O)oc2c1)CCC3)C(=O)NC(Cc1c[nH]c2ccccc12)C(=O)O. The van der Waals surface area contributed by atoms with E-state index in [1.807, 2.05) is 30.3 Å². The number of rotatable bonds is 7. The van der Waals surface area contributed by atoms with Crippen molar-refractivity contribution in [3.05, 3.63) is 75.8 Å². The van der Waals surface area contributed by atoms with Crippen molar-refractivity contribution < 1.29 is 23.8 Å². The third-order valence-corrected chi connectivity index (χ3v) is 6.34. The third-order valence-electron chi connectivity index (χ3n) is 6.34. The number of fused-ring (bicyclic) bond motifs is 4. The molecule has 2 heterocycles. The summed E-state index contributed by atoms with van der Waals surface area (Å²) in [6.07, 6.45) is 3.42. The lowest BCUT2D eigenvalue weighted by molar-refractivity contribution is -0.142. The van der Waals surface area contributed by atoms with Crippen LogP contribution < -0.4 is 15.7 Å². The monoisotopic (exact) mass is 460 g/mol. The van der Waals surface area contributed by atoms with Crippen LogP contribution in [0.3, 0.4) is 0 Å². The second-order valence-corrected chi connectivity index (χ2v) is 8.58.